The molecule has 29 heavy (non-hydrogen) atoms. The van der Waals surface area contributed by atoms with E-state index in [2.05, 4.69) is 35.7 Å². The highest BCUT2D eigenvalue weighted by Gasteiger charge is 2.23. The predicted molar refractivity (Wildman–Crippen MR) is 117 cm³/mol. The van der Waals surface area contributed by atoms with Gasteiger partial charge in [0.2, 0.25) is 10.0 Å². The molecule has 3 aromatic carbocycles. The largest absolute Gasteiger partial charge is 0.456 e. The van der Waals surface area contributed by atoms with Gasteiger partial charge in [-0.15, -0.1) is 11.3 Å². The first-order chi connectivity index (χ1) is 14.0. The second-order valence-electron chi connectivity index (χ2n) is 6.94. The maximum Gasteiger partial charge on any atom is 0.238 e. The average Bonchev–Trinajstić information content (AvgIpc) is 3.20. The van der Waals surface area contributed by atoms with Gasteiger partial charge in [-0.1, -0.05) is 24.3 Å². The van der Waals surface area contributed by atoms with Crippen molar-refractivity contribution in [3.63, 3.8) is 0 Å². The fourth-order valence-electron chi connectivity index (χ4n) is 3.61. The molecule has 2 heterocycles. The summed E-state index contributed by atoms with van der Waals surface area (Å²) in [7, 11) is -3.74. The predicted octanol–water partition coefficient (Wildman–Crippen LogP) is 5.05. The van der Waals surface area contributed by atoms with Crippen molar-refractivity contribution >= 4 is 42.8 Å². The Balaban J connectivity index is 1.68. The molecule has 5 rings (SSSR count). The molecule has 4 aromatic rings. The highest BCUT2D eigenvalue weighted by atomic mass is 32.2. The van der Waals surface area contributed by atoms with Crippen molar-refractivity contribution < 1.29 is 13.2 Å². The fraction of sp³-hybridized carbons (Fsp3) is 0.0435. The van der Waals surface area contributed by atoms with Gasteiger partial charge in [-0.25, -0.2) is 13.6 Å². The summed E-state index contributed by atoms with van der Waals surface area (Å²) in [5.41, 5.74) is 4.10. The molecule has 1 aliphatic rings. The number of fused-ring (bicyclic) bond motifs is 2. The van der Waals surface area contributed by atoms with Gasteiger partial charge in [0, 0.05) is 22.3 Å². The van der Waals surface area contributed by atoms with Crippen LogP contribution >= 0.6 is 11.3 Å². The lowest BCUT2D eigenvalue weighted by Gasteiger charge is -2.24. The highest BCUT2D eigenvalue weighted by molar-refractivity contribution is 7.89. The van der Waals surface area contributed by atoms with Crippen LogP contribution < -0.4 is 9.88 Å². The summed E-state index contributed by atoms with van der Waals surface area (Å²) in [6, 6.07) is 23.0. The second kappa shape index (κ2) is 6.84. The van der Waals surface area contributed by atoms with E-state index >= 15 is 0 Å². The van der Waals surface area contributed by atoms with E-state index < -0.39 is 10.0 Å². The Hall–Kier alpha value is -2.93. The van der Waals surface area contributed by atoms with Crippen molar-refractivity contribution in [2.24, 2.45) is 5.14 Å². The third kappa shape index (κ3) is 3.35. The summed E-state index contributed by atoms with van der Waals surface area (Å²) in [6.45, 7) is 0. The second-order valence-corrected chi connectivity index (χ2v) is 9.45. The Bertz CT molecular complexity index is 1370. The number of primary sulfonamides is 1. The van der Waals surface area contributed by atoms with E-state index in [-0.39, 0.29) is 4.90 Å². The van der Waals surface area contributed by atoms with Gasteiger partial charge in [-0.05, 0) is 70.4 Å². The van der Waals surface area contributed by atoms with Gasteiger partial charge in [-0.2, -0.15) is 0 Å². The van der Waals surface area contributed by atoms with E-state index in [0.717, 1.165) is 40.2 Å². The number of thiophene rings is 1. The standard InChI is InChI=1S/C23H17NO3S2/c24-29(25,26)19-8-5-15(6-9-19)23-20(14-17-3-1-2-4-21(17)27-23)16-7-10-22-18(13-16)11-12-28-22/h1-13H,14H2,(H2,24,25,26). The summed E-state index contributed by atoms with van der Waals surface area (Å²) in [4.78, 5) is 0.0827. The molecule has 0 atom stereocenters. The maximum atomic E-state index is 11.6. The normalized spacial score (nSPS) is 14.0. The van der Waals surface area contributed by atoms with Crippen LogP contribution in [0.3, 0.4) is 0 Å². The summed E-state index contributed by atoms with van der Waals surface area (Å²) >= 11 is 1.72. The van der Waals surface area contributed by atoms with Crippen LogP contribution in [0.4, 0.5) is 0 Å². The van der Waals surface area contributed by atoms with Gasteiger partial charge < -0.3 is 4.74 Å². The number of sulfonamides is 1. The SMILES string of the molecule is NS(=O)(=O)c1ccc(C2=C(c3ccc4sccc4c3)Cc3ccccc3O2)cc1. The van der Waals surface area contributed by atoms with E-state index in [1.807, 2.05) is 18.2 Å². The van der Waals surface area contributed by atoms with Gasteiger partial charge in [0.1, 0.15) is 11.5 Å². The first-order valence-electron chi connectivity index (χ1n) is 9.09. The van der Waals surface area contributed by atoms with Gasteiger partial charge >= 0.3 is 0 Å². The van der Waals surface area contributed by atoms with Crippen LogP contribution in [0.1, 0.15) is 16.7 Å². The molecule has 0 saturated heterocycles. The lowest BCUT2D eigenvalue weighted by Crippen LogP contribution is -2.12. The average molecular weight is 420 g/mol. The topological polar surface area (TPSA) is 69.4 Å². The van der Waals surface area contributed by atoms with Crippen molar-refractivity contribution in [2.75, 3.05) is 0 Å². The minimum Gasteiger partial charge on any atom is -0.456 e. The third-order valence-corrected chi connectivity index (χ3v) is 6.90. The molecule has 1 aliphatic heterocycles. The molecular formula is C23H17NO3S2. The van der Waals surface area contributed by atoms with Gasteiger partial charge in [0.25, 0.3) is 0 Å². The van der Waals surface area contributed by atoms with Crippen molar-refractivity contribution in [1.29, 1.82) is 0 Å². The van der Waals surface area contributed by atoms with Crippen LogP contribution in [0, 0.1) is 0 Å². The van der Waals surface area contributed by atoms with Crippen LogP contribution in [0.15, 0.2) is 83.1 Å². The number of hydrogen-bond acceptors (Lipinski definition) is 4. The van der Waals surface area contributed by atoms with Crippen LogP contribution in [-0.4, -0.2) is 8.42 Å². The van der Waals surface area contributed by atoms with Gasteiger partial charge in [0.15, 0.2) is 0 Å². The van der Waals surface area contributed by atoms with Crippen molar-refractivity contribution in [2.45, 2.75) is 11.3 Å². The zero-order valence-electron chi connectivity index (χ0n) is 15.3. The Morgan fingerprint density at radius 1 is 0.897 bits per heavy atom. The van der Waals surface area contributed by atoms with E-state index in [1.54, 1.807) is 23.5 Å². The van der Waals surface area contributed by atoms with Crippen molar-refractivity contribution in [3.8, 4) is 5.75 Å². The summed E-state index contributed by atoms with van der Waals surface area (Å²) in [5, 5.41) is 8.52. The van der Waals surface area contributed by atoms with Crippen molar-refractivity contribution in [3.05, 3.63) is 94.9 Å². The summed E-state index contributed by atoms with van der Waals surface area (Å²) in [6.07, 6.45) is 0.734. The number of rotatable bonds is 3. The molecule has 0 unspecified atom stereocenters. The number of allylic oxidation sites excluding steroid dienone is 1. The molecule has 0 fully saturated rings. The van der Waals surface area contributed by atoms with Gasteiger partial charge in [-0.3, -0.25) is 0 Å². The summed E-state index contributed by atoms with van der Waals surface area (Å²) < 4.78 is 30.8. The zero-order chi connectivity index (χ0) is 20.0. The van der Waals surface area contributed by atoms with Gasteiger partial charge in [0.05, 0.1) is 4.90 Å². The Morgan fingerprint density at radius 2 is 1.66 bits per heavy atom. The fourth-order valence-corrected chi connectivity index (χ4v) is 4.89. The van der Waals surface area contributed by atoms with E-state index in [1.165, 1.54) is 22.2 Å². The number of benzene rings is 3. The lowest BCUT2D eigenvalue weighted by atomic mass is 9.92. The lowest BCUT2D eigenvalue weighted by molar-refractivity contribution is 0.502. The summed E-state index contributed by atoms with van der Waals surface area (Å²) in [5.74, 6) is 1.55. The first kappa shape index (κ1) is 18.1. The molecule has 1 aromatic heterocycles. The molecule has 144 valence electrons. The Kier molecular flexibility index (Phi) is 4.28. The molecule has 0 radical (unpaired) electrons. The monoisotopic (exact) mass is 419 g/mol. The van der Waals surface area contributed by atoms with Crippen LogP contribution in [0.2, 0.25) is 0 Å². The molecule has 4 nitrogen and oxygen atoms in total. The maximum absolute atomic E-state index is 11.6. The molecule has 0 spiro atoms. The van der Waals surface area contributed by atoms with Crippen LogP contribution in [-0.2, 0) is 16.4 Å². The van der Waals surface area contributed by atoms with E-state index in [9.17, 15) is 8.42 Å². The Morgan fingerprint density at radius 3 is 2.45 bits per heavy atom. The first-order valence-corrected chi connectivity index (χ1v) is 11.5. The number of ether oxygens (including phenoxy) is 1. The van der Waals surface area contributed by atoms with Crippen molar-refractivity contribution in [1.82, 2.24) is 0 Å². The minimum absolute atomic E-state index is 0.0827. The highest BCUT2D eigenvalue weighted by Crippen LogP contribution is 2.40. The number of hydrogen-bond donors (Lipinski definition) is 1. The zero-order valence-corrected chi connectivity index (χ0v) is 17.0. The van der Waals surface area contributed by atoms with E-state index in [0.29, 0.717) is 0 Å². The molecule has 0 saturated carbocycles. The molecular weight excluding hydrogens is 402 g/mol. The van der Waals surface area contributed by atoms with Crippen LogP contribution in [0.5, 0.6) is 5.75 Å². The smallest absolute Gasteiger partial charge is 0.238 e. The molecule has 0 bridgehead atoms. The van der Waals surface area contributed by atoms with E-state index in [4.69, 9.17) is 9.88 Å². The number of nitrogens with two attached hydrogens (primary N) is 1. The third-order valence-electron chi connectivity index (χ3n) is 5.07. The van der Waals surface area contributed by atoms with Crippen LogP contribution in [0.25, 0.3) is 21.4 Å². The molecule has 2 N–H and O–H groups in total. The number of para-hydroxylation sites is 1. The molecule has 6 heteroatoms. The quantitative estimate of drug-likeness (QED) is 0.505. The minimum atomic E-state index is -3.74. The Labute approximate surface area is 172 Å². The molecule has 0 aliphatic carbocycles. The molecule has 0 amide bonds.